The average Bonchev–Trinajstić information content (AvgIpc) is 2.35. The predicted molar refractivity (Wildman–Crippen MR) is 81.2 cm³/mol. The van der Waals surface area contributed by atoms with Gasteiger partial charge in [-0.15, -0.1) is 0 Å². The van der Waals surface area contributed by atoms with Crippen LogP contribution in [0.4, 0.5) is 0 Å². The highest BCUT2D eigenvalue weighted by atomic mass is 32.2. The van der Waals surface area contributed by atoms with Gasteiger partial charge in [0.1, 0.15) is 0 Å². The van der Waals surface area contributed by atoms with Gasteiger partial charge in [-0.25, -0.2) is 8.42 Å². The minimum Gasteiger partial charge on any atom is -0.312 e. The zero-order valence-electron chi connectivity index (χ0n) is 12.5. The first-order valence-electron chi connectivity index (χ1n) is 6.63. The Bertz CT molecular complexity index is 494. The molecule has 0 spiro atoms. The van der Waals surface area contributed by atoms with Crippen LogP contribution in [0.15, 0.2) is 30.3 Å². The summed E-state index contributed by atoms with van der Waals surface area (Å²) in [6.45, 7) is 8.23. The Morgan fingerprint density at radius 2 is 1.68 bits per heavy atom. The molecular weight excluding hydrogens is 258 g/mol. The number of hydrogen-bond acceptors (Lipinski definition) is 3. The summed E-state index contributed by atoms with van der Waals surface area (Å²) in [4.78, 5) is 0. The highest BCUT2D eigenvalue weighted by Gasteiger charge is 2.30. The zero-order chi connectivity index (χ0) is 14.7. The molecule has 0 fully saturated rings. The molecule has 0 aliphatic heterocycles. The van der Waals surface area contributed by atoms with Crippen LogP contribution < -0.4 is 5.32 Å². The Morgan fingerprint density at radius 1 is 1.16 bits per heavy atom. The van der Waals surface area contributed by atoms with Crippen LogP contribution in [-0.4, -0.2) is 32.0 Å². The van der Waals surface area contributed by atoms with Gasteiger partial charge in [-0.1, -0.05) is 37.3 Å². The van der Waals surface area contributed by atoms with Crippen molar-refractivity contribution in [2.75, 3.05) is 12.8 Å². The van der Waals surface area contributed by atoms with Gasteiger partial charge in [-0.3, -0.25) is 0 Å². The number of rotatable bonds is 6. The number of sulfone groups is 1. The molecule has 1 rings (SSSR count). The van der Waals surface area contributed by atoms with E-state index < -0.39 is 14.6 Å². The Labute approximate surface area is 117 Å². The summed E-state index contributed by atoms with van der Waals surface area (Å²) in [6, 6.07) is 10.5. The molecule has 2 unspecified atom stereocenters. The van der Waals surface area contributed by atoms with E-state index in [1.54, 1.807) is 13.8 Å². The summed E-state index contributed by atoms with van der Waals surface area (Å²) in [5.74, 6) is 0.344. The SMILES string of the molecule is CC(NCC(C)(C)S(C)(=O)=O)C(C)c1ccccc1. The van der Waals surface area contributed by atoms with Gasteiger partial charge in [0.25, 0.3) is 0 Å². The van der Waals surface area contributed by atoms with Gasteiger partial charge in [0.15, 0.2) is 9.84 Å². The molecule has 0 aliphatic rings. The molecule has 0 bridgehead atoms. The lowest BCUT2D eigenvalue weighted by atomic mass is 9.94. The van der Waals surface area contributed by atoms with Crippen molar-refractivity contribution in [1.29, 1.82) is 0 Å². The van der Waals surface area contributed by atoms with Crippen molar-refractivity contribution >= 4 is 9.84 Å². The van der Waals surface area contributed by atoms with Crippen molar-refractivity contribution in [3.8, 4) is 0 Å². The van der Waals surface area contributed by atoms with Crippen LogP contribution in [0, 0.1) is 0 Å². The van der Waals surface area contributed by atoms with Gasteiger partial charge in [0, 0.05) is 18.8 Å². The first kappa shape index (κ1) is 16.2. The van der Waals surface area contributed by atoms with Gasteiger partial charge < -0.3 is 5.32 Å². The fourth-order valence-electron chi connectivity index (χ4n) is 1.76. The van der Waals surface area contributed by atoms with E-state index in [1.165, 1.54) is 11.8 Å². The van der Waals surface area contributed by atoms with Crippen LogP contribution in [0.25, 0.3) is 0 Å². The normalized spacial score (nSPS) is 16.1. The van der Waals surface area contributed by atoms with Gasteiger partial charge in [-0.2, -0.15) is 0 Å². The molecule has 3 nitrogen and oxygen atoms in total. The molecular formula is C15H25NO2S. The van der Waals surface area contributed by atoms with E-state index in [1.807, 2.05) is 18.2 Å². The number of benzene rings is 1. The lowest BCUT2D eigenvalue weighted by Gasteiger charge is -2.28. The molecule has 1 aromatic rings. The molecule has 108 valence electrons. The molecule has 0 heterocycles. The summed E-state index contributed by atoms with van der Waals surface area (Å²) < 4.78 is 22.6. The smallest absolute Gasteiger partial charge is 0.153 e. The summed E-state index contributed by atoms with van der Waals surface area (Å²) >= 11 is 0. The fourth-order valence-corrected chi connectivity index (χ4v) is 2.11. The second-order valence-corrected chi connectivity index (χ2v) is 8.55. The van der Waals surface area contributed by atoms with Crippen LogP contribution in [0.5, 0.6) is 0 Å². The molecule has 2 atom stereocenters. The van der Waals surface area contributed by atoms with E-state index in [4.69, 9.17) is 0 Å². The average molecular weight is 283 g/mol. The fraction of sp³-hybridized carbons (Fsp3) is 0.600. The molecule has 0 aromatic heterocycles. The quantitative estimate of drug-likeness (QED) is 0.873. The third-order valence-electron chi connectivity index (χ3n) is 3.93. The summed E-state index contributed by atoms with van der Waals surface area (Å²) in [5.41, 5.74) is 1.26. The molecule has 0 saturated carbocycles. The van der Waals surface area contributed by atoms with Gasteiger partial charge in [-0.05, 0) is 32.3 Å². The number of hydrogen-bond donors (Lipinski definition) is 1. The van der Waals surface area contributed by atoms with E-state index >= 15 is 0 Å². The van der Waals surface area contributed by atoms with Crippen LogP contribution in [0.3, 0.4) is 0 Å². The predicted octanol–water partition coefficient (Wildman–Crippen LogP) is 2.59. The maximum atomic E-state index is 11.7. The standard InChI is InChI=1S/C15H25NO2S/c1-12(14-9-7-6-8-10-14)13(2)16-11-15(3,4)19(5,17)18/h6-10,12-13,16H,11H2,1-5H3. The van der Waals surface area contributed by atoms with Crippen molar-refractivity contribution in [2.24, 2.45) is 0 Å². The number of nitrogens with one attached hydrogen (secondary N) is 1. The molecule has 19 heavy (non-hydrogen) atoms. The van der Waals surface area contributed by atoms with Crippen LogP contribution in [0.1, 0.15) is 39.2 Å². The summed E-state index contributed by atoms with van der Waals surface area (Å²) in [6.07, 6.45) is 1.29. The minimum atomic E-state index is -3.05. The van der Waals surface area contributed by atoms with Crippen LogP contribution in [-0.2, 0) is 9.84 Å². The molecule has 4 heteroatoms. The van der Waals surface area contributed by atoms with Crippen molar-refractivity contribution < 1.29 is 8.42 Å². The second-order valence-electron chi connectivity index (χ2n) is 5.90. The lowest BCUT2D eigenvalue weighted by Crippen LogP contribution is -2.45. The molecule has 0 amide bonds. The van der Waals surface area contributed by atoms with Gasteiger partial charge >= 0.3 is 0 Å². The second kappa shape index (κ2) is 6.06. The Kier molecular flexibility index (Phi) is 5.16. The summed E-state index contributed by atoms with van der Waals surface area (Å²) in [5, 5.41) is 3.35. The Hall–Kier alpha value is -0.870. The van der Waals surface area contributed by atoms with E-state index in [9.17, 15) is 8.42 Å². The van der Waals surface area contributed by atoms with Gasteiger partial charge in [0.05, 0.1) is 4.75 Å². The van der Waals surface area contributed by atoms with E-state index in [-0.39, 0.29) is 6.04 Å². The van der Waals surface area contributed by atoms with Crippen molar-refractivity contribution in [3.05, 3.63) is 35.9 Å². The molecule has 1 N–H and O–H groups in total. The Morgan fingerprint density at radius 3 is 2.16 bits per heavy atom. The van der Waals surface area contributed by atoms with Crippen LogP contribution in [0.2, 0.25) is 0 Å². The highest BCUT2D eigenvalue weighted by molar-refractivity contribution is 7.92. The van der Waals surface area contributed by atoms with Crippen molar-refractivity contribution in [3.63, 3.8) is 0 Å². The molecule has 0 aliphatic carbocycles. The van der Waals surface area contributed by atoms with Crippen molar-refractivity contribution in [1.82, 2.24) is 5.32 Å². The van der Waals surface area contributed by atoms with E-state index in [0.717, 1.165) is 0 Å². The minimum absolute atomic E-state index is 0.225. The third kappa shape index (κ3) is 4.32. The van der Waals surface area contributed by atoms with Crippen LogP contribution >= 0.6 is 0 Å². The molecule has 0 radical (unpaired) electrons. The first-order chi connectivity index (χ1) is 8.65. The third-order valence-corrected chi connectivity index (χ3v) is 6.08. The largest absolute Gasteiger partial charge is 0.312 e. The van der Waals surface area contributed by atoms with E-state index in [2.05, 4.69) is 31.3 Å². The maximum absolute atomic E-state index is 11.7. The maximum Gasteiger partial charge on any atom is 0.153 e. The summed E-state index contributed by atoms with van der Waals surface area (Å²) in [7, 11) is -3.05. The lowest BCUT2D eigenvalue weighted by molar-refractivity contribution is 0.443. The van der Waals surface area contributed by atoms with E-state index in [0.29, 0.717) is 12.5 Å². The zero-order valence-corrected chi connectivity index (χ0v) is 13.3. The van der Waals surface area contributed by atoms with Gasteiger partial charge in [0.2, 0.25) is 0 Å². The first-order valence-corrected chi connectivity index (χ1v) is 8.52. The topological polar surface area (TPSA) is 46.2 Å². The monoisotopic (exact) mass is 283 g/mol. The highest BCUT2D eigenvalue weighted by Crippen LogP contribution is 2.20. The Balaban J connectivity index is 2.64. The molecule has 0 saturated heterocycles. The van der Waals surface area contributed by atoms with Crippen molar-refractivity contribution in [2.45, 2.75) is 44.4 Å². The molecule has 1 aromatic carbocycles.